The van der Waals surface area contributed by atoms with E-state index >= 15 is 0 Å². The number of amides is 1. The monoisotopic (exact) mass is 534 g/mol. The van der Waals surface area contributed by atoms with Gasteiger partial charge in [0.25, 0.3) is 0 Å². The molecule has 1 fully saturated rings. The molecule has 2 aromatic rings. The smallest absolute Gasteiger partial charge is 0.465 e. The summed E-state index contributed by atoms with van der Waals surface area (Å²) in [6.45, 7) is 2.37. The Morgan fingerprint density at radius 1 is 1.03 bits per heavy atom. The molecule has 1 aliphatic rings. The number of nitrogens with one attached hydrogen (secondary N) is 1. The van der Waals surface area contributed by atoms with Crippen LogP contribution in [0.25, 0.3) is 0 Å². The van der Waals surface area contributed by atoms with Crippen molar-refractivity contribution in [2.24, 2.45) is 0 Å². The molecule has 0 saturated carbocycles. The van der Waals surface area contributed by atoms with E-state index in [0.717, 1.165) is 36.7 Å². The molecule has 1 aliphatic heterocycles. The van der Waals surface area contributed by atoms with Crippen LogP contribution in [0.15, 0.2) is 53.4 Å². The van der Waals surface area contributed by atoms with Crippen LogP contribution in [-0.2, 0) is 9.84 Å². The average Bonchev–Trinajstić information content (AvgIpc) is 2.78. The van der Waals surface area contributed by atoms with Gasteiger partial charge in [0.05, 0.1) is 10.6 Å². The number of alkyl halides is 3. The van der Waals surface area contributed by atoms with Crippen LogP contribution in [0.4, 0.5) is 18.0 Å². The van der Waals surface area contributed by atoms with Crippen molar-refractivity contribution in [3.8, 4) is 17.2 Å². The molecule has 13 heteroatoms. The van der Waals surface area contributed by atoms with E-state index in [9.17, 15) is 26.4 Å². The summed E-state index contributed by atoms with van der Waals surface area (Å²) in [6.07, 6.45) is -5.71. The highest BCUT2D eigenvalue weighted by atomic mass is 32.2. The van der Waals surface area contributed by atoms with Gasteiger partial charge in [-0.1, -0.05) is 0 Å². The van der Waals surface area contributed by atoms with Crippen LogP contribution in [-0.4, -0.2) is 73.8 Å². The predicted molar refractivity (Wildman–Crippen MR) is 125 cm³/mol. The summed E-state index contributed by atoms with van der Waals surface area (Å²) in [4.78, 5) is 13.4. The summed E-state index contributed by atoms with van der Waals surface area (Å²) in [5.74, 6) is 1.72. The molecular weight excluding hydrogens is 509 g/mol. The normalized spacial score (nSPS) is 15.9. The Bertz CT molecular complexity index is 1070. The minimum absolute atomic E-state index is 0.00494. The summed E-state index contributed by atoms with van der Waals surface area (Å²) in [6, 6.07) is 9.51. The minimum Gasteiger partial charge on any atom is -0.465 e. The van der Waals surface area contributed by atoms with Crippen molar-refractivity contribution in [1.29, 1.82) is 0 Å². The quantitative estimate of drug-likeness (QED) is 0.467. The third-order valence-electron chi connectivity index (χ3n) is 5.12. The Morgan fingerprint density at radius 2 is 1.57 bits per heavy atom. The summed E-state index contributed by atoms with van der Waals surface area (Å²) in [5.41, 5.74) is 0. The topological polar surface area (TPSA) is 105 Å². The second kappa shape index (κ2) is 11.9. The summed E-state index contributed by atoms with van der Waals surface area (Å²) < 4.78 is 71.9. The molecule has 2 N–H and O–H groups in total. The Labute approximate surface area is 205 Å². The Balaban J connectivity index is 1.60. The van der Waals surface area contributed by atoms with E-state index in [1.54, 1.807) is 0 Å². The molecule has 0 bridgehead atoms. The molecular formula is C22H25F3N2O6S2. The largest absolute Gasteiger partial charge is 0.573 e. The van der Waals surface area contributed by atoms with Gasteiger partial charge in [-0.15, -0.1) is 13.2 Å². The van der Waals surface area contributed by atoms with E-state index in [0.29, 0.717) is 13.0 Å². The third kappa shape index (κ3) is 9.15. The fourth-order valence-corrected chi connectivity index (χ4v) is 5.96. The molecule has 0 spiro atoms. The molecule has 0 aliphatic carbocycles. The van der Waals surface area contributed by atoms with Crippen LogP contribution in [0.2, 0.25) is 0 Å². The minimum atomic E-state index is -4.80. The standard InChI is InChI=1S/C22H25F3N2O6S2/c23-22(24,25)33-19-3-1-17(2-4-19)32-18-5-7-20(8-6-18)35(30,31)15-16(26-21(28)29)9-10-27-11-13-34-14-12-27/h1-8,16,26H,9-15H2,(H,28,29). The molecule has 3 rings (SSSR count). The molecule has 1 atom stereocenters. The maximum absolute atomic E-state index is 12.9. The lowest BCUT2D eigenvalue weighted by molar-refractivity contribution is -0.274. The molecule has 35 heavy (non-hydrogen) atoms. The Kier molecular flexibility index (Phi) is 9.14. The number of sulfone groups is 1. The van der Waals surface area contributed by atoms with Gasteiger partial charge in [0, 0.05) is 37.2 Å². The Morgan fingerprint density at radius 3 is 2.11 bits per heavy atom. The lowest BCUT2D eigenvalue weighted by Gasteiger charge is -2.28. The number of thioether (sulfide) groups is 1. The number of halogens is 3. The van der Waals surface area contributed by atoms with Crippen molar-refractivity contribution in [3.05, 3.63) is 48.5 Å². The van der Waals surface area contributed by atoms with Gasteiger partial charge in [-0.25, -0.2) is 13.2 Å². The van der Waals surface area contributed by atoms with E-state index in [1.165, 1.54) is 36.4 Å². The van der Waals surface area contributed by atoms with Crippen LogP contribution in [0.3, 0.4) is 0 Å². The van der Waals surface area contributed by atoms with Crippen molar-refractivity contribution in [2.45, 2.75) is 23.7 Å². The van der Waals surface area contributed by atoms with Gasteiger partial charge in [0.15, 0.2) is 9.84 Å². The number of carboxylic acid groups (broad SMARTS) is 1. The van der Waals surface area contributed by atoms with Crippen molar-refractivity contribution < 1.29 is 41.0 Å². The number of carbonyl (C=O) groups is 1. The van der Waals surface area contributed by atoms with Crippen molar-refractivity contribution >= 4 is 27.7 Å². The highest BCUT2D eigenvalue weighted by Gasteiger charge is 2.31. The summed E-state index contributed by atoms with van der Waals surface area (Å²) >= 11 is 1.85. The van der Waals surface area contributed by atoms with Crippen LogP contribution < -0.4 is 14.8 Å². The fourth-order valence-electron chi connectivity index (χ4n) is 3.46. The van der Waals surface area contributed by atoms with Gasteiger partial charge in [0.2, 0.25) is 0 Å². The number of rotatable bonds is 10. The van der Waals surface area contributed by atoms with Crippen molar-refractivity contribution in [1.82, 2.24) is 10.2 Å². The zero-order valence-electron chi connectivity index (χ0n) is 18.5. The molecule has 192 valence electrons. The second-order valence-corrected chi connectivity index (χ2v) is 11.0. The van der Waals surface area contributed by atoms with E-state index in [4.69, 9.17) is 9.84 Å². The number of benzene rings is 2. The highest BCUT2D eigenvalue weighted by Crippen LogP contribution is 2.28. The SMILES string of the molecule is O=C(O)NC(CCN1CCSCC1)CS(=O)(=O)c1ccc(Oc2ccc(OC(F)(F)F)cc2)cc1. The zero-order valence-corrected chi connectivity index (χ0v) is 20.2. The molecule has 0 aromatic heterocycles. The van der Waals surface area contributed by atoms with Gasteiger partial charge in [0.1, 0.15) is 17.2 Å². The van der Waals surface area contributed by atoms with E-state index < -0.39 is 34.1 Å². The molecule has 1 unspecified atom stereocenters. The van der Waals surface area contributed by atoms with Crippen LogP contribution in [0.5, 0.6) is 17.2 Å². The number of hydrogen-bond acceptors (Lipinski definition) is 7. The van der Waals surface area contributed by atoms with E-state index in [-0.39, 0.29) is 22.1 Å². The number of hydrogen-bond donors (Lipinski definition) is 2. The number of ether oxygens (including phenoxy) is 2. The first kappa shape index (κ1) is 27.0. The first-order chi connectivity index (χ1) is 16.5. The first-order valence-corrected chi connectivity index (χ1v) is 13.5. The Hall–Kier alpha value is -2.64. The molecule has 1 heterocycles. The molecule has 8 nitrogen and oxygen atoms in total. The average molecular weight is 535 g/mol. The van der Waals surface area contributed by atoms with Crippen molar-refractivity contribution in [3.63, 3.8) is 0 Å². The number of nitrogens with zero attached hydrogens (tertiary/aromatic N) is 1. The summed E-state index contributed by atoms with van der Waals surface area (Å²) in [5, 5.41) is 11.4. The van der Waals surface area contributed by atoms with Gasteiger partial charge < -0.3 is 24.8 Å². The van der Waals surface area contributed by atoms with Gasteiger partial charge in [-0.05, 0) is 55.0 Å². The molecule has 1 saturated heterocycles. The zero-order chi connectivity index (χ0) is 25.5. The fraction of sp³-hybridized carbons (Fsp3) is 0.409. The van der Waals surface area contributed by atoms with Crippen LogP contribution in [0, 0.1) is 0 Å². The van der Waals surface area contributed by atoms with Crippen LogP contribution in [0.1, 0.15) is 6.42 Å². The first-order valence-electron chi connectivity index (χ1n) is 10.7. The molecule has 2 aromatic carbocycles. The predicted octanol–water partition coefficient (Wildman–Crippen LogP) is 4.23. The summed E-state index contributed by atoms with van der Waals surface area (Å²) in [7, 11) is -3.80. The van der Waals surface area contributed by atoms with Gasteiger partial charge in [-0.3, -0.25) is 0 Å². The highest BCUT2D eigenvalue weighted by molar-refractivity contribution is 7.99. The van der Waals surface area contributed by atoms with Crippen molar-refractivity contribution in [2.75, 3.05) is 36.9 Å². The maximum Gasteiger partial charge on any atom is 0.573 e. The van der Waals surface area contributed by atoms with Gasteiger partial charge in [-0.2, -0.15) is 11.8 Å². The molecule has 0 radical (unpaired) electrons. The lowest BCUT2D eigenvalue weighted by Crippen LogP contribution is -2.43. The van der Waals surface area contributed by atoms with E-state index in [2.05, 4.69) is 15.0 Å². The third-order valence-corrected chi connectivity index (χ3v) is 7.90. The van der Waals surface area contributed by atoms with Gasteiger partial charge >= 0.3 is 12.5 Å². The lowest BCUT2D eigenvalue weighted by atomic mass is 10.2. The van der Waals surface area contributed by atoms with E-state index in [1.807, 2.05) is 11.8 Å². The maximum atomic E-state index is 12.9. The molecule has 1 amide bonds. The second-order valence-electron chi connectivity index (χ2n) is 7.76. The van der Waals surface area contributed by atoms with Crippen LogP contribution >= 0.6 is 11.8 Å².